The first kappa shape index (κ1) is 20.0. The first-order valence-corrected chi connectivity index (χ1v) is 8.59. The zero-order chi connectivity index (χ0) is 20.3. The molecule has 28 heavy (non-hydrogen) atoms. The highest BCUT2D eigenvalue weighted by Crippen LogP contribution is 2.34. The lowest BCUT2D eigenvalue weighted by molar-refractivity contribution is -0.137. The first-order valence-electron chi connectivity index (χ1n) is 7.83. The molecule has 0 fully saturated rings. The molecule has 4 N–H and O–H groups in total. The molecule has 11 heteroatoms. The van der Waals surface area contributed by atoms with Crippen molar-refractivity contribution < 1.29 is 13.2 Å². The summed E-state index contributed by atoms with van der Waals surface area (Å²) in [5.74, 6) is 0.448. The maximum absolute atomic E-state index is 12.7. The van der Waals surface area contributed by atoms with Crippen molar-refractivity contribution in [3.8, 4) is 0 Å². The van der Waals surface area contributed by atoms with Crippen molar-refractivity contribution in [2.24, 2.45) is 0 Å². The molecule has 3 aromatic rings. The Bertz CT molecular complexity index is 997. The van der Waals surface area contributed by atoms with Crippen molar-refractivity contribution in [1.82, 2.24) is 15.0 Å². The topological polar surface area (TPSA) is 88.8 Å². The number of hydrogen-bond donors (Lipinski definition) is 3. The number of nitrogen functional groups attached to an aromatic ring is 1. The van der Waals surface area contributed by atoms with Gasteiger partial charge in [-0.25, -0.2) is 15.0 Å². The van der Waals surface area contributed by atoms with Crippen LogP contribution >= 0.6 is 23.2 Å². The Labute approximate surface area is 167 Å². The van der Waals surface area contributed by atoms with Crippen molar-refractivity contribution in [3.05, 3.63) is 64.0 Å². The quantitative estimate of drug-likeness (QED) is 0.521. The average Bonchev–Trinajstić information content (AvgIpc) is 2.64. The highest BCUT2D eigenvalue weighted by molar-refractivity contribution is 6.33. The Balaban J connectivity index is 1.79. The standard InChI is InChI=1S/C17H13Cl2F3N6/c18-11-4-2-1-3-9(11)6-24-15-13(23)16(27-8-26-15)28-14-12(19)5-10(7-25-14)17(20,21)22/h1-5,7-8H,6,23H2,(H2,24,25,26,27,28). The minimum absolute atomic E-state index is 0.0166. The smallest absolute Gasteiger partial charge is 0.393 e. The molecule has 0 saturated heterocycles. The van der Waals surface area contributed by atoms with Crippen molar-refractivity contribution in [2.45, 2.75) is 12.7 Å². The predicted molar refractivity (Wildman–Crippen MR) is 103 cm³/mol. The van der Waals surface area contributed by atoms with Crippen LogP contribution in [0.1, 0.15) is 11.1 Å². The summed E-state index contributed by atoms with van der Waals surface area (Å²) in [6, 6.07) is 8.03. The van der Waals surface area contributed by atoms with Crippen LogP contribution in [0.5, 0.6) is 0 Å². The van der Waals surface area contributed by atoms with Gasteiger partial charge in [0.25, 0.3) is 0 Å². The van der Waals surface area contributed by atoms with Crippen LogP contribution in [0.25, 0.3) is 0 Å². The monoisotopic (exact) mass is 428 g/mol. The number of alkyl halides is 3. The number of nitrogens with one attached hydrogen (secondary N) is 2. The number of aromatic nitrogens is 3. The third-order valence-corrected chi connectivity index (χ3v) is 4.35. The van der Waals surface area contributed by atoms with Gasteiger partial charge in [-0.2, -0.15) is 13.2 Å². The van der Waals surface area contributed by atoms with Crippen molar-refractivity contribution >= 4 is 46.3 Å². The van der Waals surface area contributed by atoms with E-state index in [0.717, 1.165) is 11.6 Å². The Morgan fingerprint density at radius 1 is 0.964 bits per heavy atom. The van der Waals surface area contributed by atoms with Gasteiger partial charge in [-0.3, -0.25) is 0 Å². The van der Waals surface area contributed by atoms with Crippen LogP contribution in [-0.4, -0.2) is 15.0 Å². The molecule has 146 valence electrons. The fourth-order valence-electron chi connectivity index (χ4n) is 2.25. The molecule has 0 radical (unpaired) electrons. The highest BCUT2D eigenvalue weighted by Gasteiger charge is 2.31. The van der Waals surface area contributed by atoms with Crippen molar-refractivity contribution in [2.75, 3.05) is 16.4 Å². The van der Waals surface area contributed by atoms with Gasteiger partial charge in [0.2, 0.25) is 0 Å². The number of nitrogens with zero attached hydrogens (tertiary/aromatic N) is 3. The van der Waals surface area contributed by atoms with Crippen LogP contribution in [0.4, 0.5) is 36.3 Å². The summed E-state index contributed by atoms with van der Waals surface area (Å²) in [5.41, 5.74) is 6.07. The van der Waals surface area contributed by atoms with Gasteiger partial charge in [0.05, 0.1) is 10.6 Å². The summed E-state index contributed by atoms with van der Waals surface area (Å²) in [6.45, 7) is 0.361. The Morgan fingerprint density at radius 3 is 2.36 bits per heavy atom. The average molecular weight is 429 g/mol. The van der Waals surface area contributed by atoms with E-state index in [1.54, 1.807) is 6.07 Å². The molecule has 0 aliphatic heterocycles. The zero-order valence-electron chi connectivity index (χ0n) is 14.1. The van der Waals surface area contributed by atoms with Gasteiger partial charge in [0, 0.05) is 17.8 Å². The van der Waals surface area contributed by atoms with E-state index in [2.05, 4.69) is 25.6 Å². The van der Waals surface area contributed by atoms with Crippen LogP contribution in [0.15, 0.2) is 42.9 Å². The van der Waals surface area contributed by atoms with Crippen LogP contribution in [-0.2, 0) is 12.7 Å². The third kappa shape index (κ3) is 4.55. The lowest BCUT2D eigenvalue weighted by Crippen LogP contribution is -2.10. The molecule has 1 aromatic carbocycles. The van der Waals surface area contributed by atoms with Gasteiger partial charge in [0.1, 0.15) is 17.8 Å². The van der Waals surface area contributed by atoms with Crippen LogP contribution < -0.4 is 16.4 Å². The third-order valence-electron chi connectivity index (χ3n) is 3.69. The summed E-state index contributed by atoms with van der Waals surface area (Å²) < 4.78 is 38.2. The summed E-state index contributed by atoms with van der Waals surface area (Å²) in [4.78, 5) is 11.7. The van der Waals surface area contributed by atoms with Gasteiger partial charge in [-0.1, -0.05) is 41.4 Å². The fourth-order valence-corrected chi connectivity index (χ4v) is 2.67. The summed E-state index contributed by atoms with van der Waals surface area (Å²) >= 11 is 12.0. The number of halogens is 5. The van der Waals surface area contributed by atoms with Crippen LogP contribution in [0.2, 0.25) is 10.0 Å². The van der Waals surface area contributed by atoms with Crippen LogP contribution in [0, 0.1) is 0 Å². The number of nitrogens with two attached hydrogens (primary N) is 1. The molecule has 0 aliphatic rings. The number of benzene rings is 1. The van der Waals surface area contributed by atoms with Gasteiger partial charge < -0.3 is 16.4 Å². The van der Waals surface area contributed by atoms with Crippen molar-refractivity contribution in [3.63, 3.8) is 0 Å². The lowest BCUT2D eigenvalue weighted by Gasteiger charge is -2.14. The number of rotatable bonds is 5. The van der Waals surface area contributed by atoms with E-state index in [9.17, 15) is 13.2 Å². The molecular weight excluding hydrogens is 416 g/mol. The van der Waals surface area contributed by atoms with Gasteiger partial charge in [-0.15, -0.1) is 0 Å². The second-order valence-electron chi connectivity index (χ2n) is 5.61. The second-order valence-corrected chi connectivity index (χ2v) is 6.42. The zero-order valence-corrected chi connectivity index (χ0v) is 15.6. The maximum Gasteiger partial charge on any atom is 0.417 e. The first-order chi connectivity index (χ1) is 13.3. The molecule has 0 bridgehead atoms. The second kappa shape index (κ2) is 8.07. The normalized spacial score (nSPS) is 11.3. The number of anilines is 4. The molecular formula is C17H13Cl2F3N6. The number of hydrogen-bond acceptors (Lipinski definition) is 6. The van der Waals surface area contributed by atoms with Gasteiger partial charge in [0.15, 0.2) is 11.6 Å². The van der Waals surface area contributed by atoms with E-state index in [4.69, 9.17) is 28.9 Å². The molecule has 0 unspecified atom stereocenters. The lowest BCUT2D eigenvalue weighted by atomic mass is 10.2. The number of pyridine rings is 1. The van der Waals surface area contributed by atoms with Crippen LogP contribution in [0.3, 0.4) is 0 Å². The molecule has 0 amide bonds. The predicted octanol–water partition coefficient (Wildman–Crippen LogP) is 5.14. The molecule has 0 spiro atoms. The van der Waals surface area contributed by atoms with E-state index in [1.165, 1.54) is 6.33 Å². The Morgan fingerprint density at radius 2 is 1.68 bits per heavy atom. The molecule has 0 aliphatic carbocycles. The molecule has 0 saturated carbocycles. The fraction of sp³-hybridized carbons (Fsp3) is 0.118. The Hall–Kier alpha value is -2.78. The molecule has 2 heterocycles. The van der Waals surface area contributed by atoms with E-state index in [0.29, 0.717) is 23.6 Å². The van der Waals surface area contributed by atoms with E-state index >= 15 is 0 Å². The molecule has 3 rings (SSSR count). The van der Waals surface area contributed by atoms with E-state index in [1.807, 2.05) is 18.2 Å². The molecule has 2 aromatic heterocycles. The SMILES string of the molecule is Nc1c(NCc2ccccc2Cl)ncnc1Nc1ncc(C(F)(F)F)cc1Cl. The van der Waals surface area contributed by atoms with E-state index in [-0.39, 0.29) is 22.3 Å². The largest absolute Gasteiger partial charge is 0.417 e. The summed E-state index contributed by atoms with van der Waals surface area (Å²) in [5, 5.41) is 6.11. The minimum atomic E-state index is -4.54. The Kier molecular flexibility index (Phi) is 5.76. The molecule has 0 atom stereocenters. The minimum Gasteiger partial charge on any atom is -0.393 e. The van der Waals surface area contributed by atoms with Crippen molar-refractivity contribution in [1.29, 1.82) is 0 Å². The summed E-state index contributed by atoms with van der Waals surface area (Å²) in [7, 11) is 0. The summed E-state index contributed by atoms with van der Waals surface area (Å²) in [6.07, 6.45) is -2.63. The highest BCUT2D eigenvalue weighted by atomic mass is 35.5. The van der Waals surface area contributed by atoms with Gasteiger partial charge >= 0.3 is 6.18 Å². The molecule has 6 nitrogen and oxygen atoms in total. The van der Waals surface area contributed by atoms with Gasteiger partial charge in [-0.05, 0) is 17.7 Å². The maximum atomic E-state index is 12.7. The van der Waals surface area contributed by atoms with E-state index < -0.39 is 11.7 Å².